The predicted octanol–water partition coefficient (Wildman–Crippen LogP) is 1.02. The highest BCUT2D eigenvalue weighted by Gasteiger charge is 2.26. The first-order chi connectivity index (χ1) is 9.25. The highest BCUT2D eigenvalue weighted by molar-refractivity contribution is 6.02. The number of hydrogen-bond acceptors (Lipinski definition) is 5. The van der Waals surface area contributed by atoms with Gasteiger partial charge >= 0.3 is 5.97 Å². The molecular formula is C12H15N3O5. The molecule has 0 heterocycles. The number of aliphatic carboxylic acids is 1. The fraction of sp³-hybridized carbons (Fsp3) is 0.333. The Labute approximate surface area is 114 Å². The summed E-state index contributed by atoms with van der Waals surface area (Å²) >= 11 is 0. The molecule has 0 aliphatic heterocycles. The Hall–Kier alpha value is -2.64. The molecule has 1 aromatic rings. The Kier molecular flexibility index (Phi) is 4.63. The maximum Gasteiger partial charge on any atom is 0.326 e. The molecule has 0 aliphatic carbocycles. The van der Waals surface area contributed by atoms with Gasteiger partial charge in [0.15, 0.2) is 0 Å². The molecular weight excluding hydrogens is 266 g/mol. The minimum absolute atomic E-state index is 0.119. The molecule has 0 bridgehead atoms. The van der Waals surface area contributed by atoms with Crippen LogP contribution in [0.3, 0.4) is 0 Å². The molecule has 0 unspecified atom stereocenters. The molecule has 0 saturated carbocycles. The van der Waals surface area contributed by atoms with Gasteiger partial charge in [-0.2, -0.15) is 0 Å². The van der Waals surface area contributed by atoms with Gasteiger partial charge in [-0.3, -0.25) is 14.9 Å². The molecule has 1 aromatic carbocycles. The summed E-state index contributed by atoms with van der Waals surface area (Å²) in [4.78, 5) is 33.0. The first kappa shape index (κ1) is 15.4. The number of nitrogens with two attached hydrogens (primary N) is 1. The fourth-order valence-corrected chi connectivity index (χ4v) is 1.64. The lowest BCUT2D eigenvalue weighted by molar-refractivity contribution is -0.383. The second kappa shape index (κ2) is 6.00. The highest BCUT2D eigenvalue weighted by atomic mass is 16.6. The van der Waals surface area contributed by atoms with Gasteiger partial charge in [-0.1, -0.05) is 19.9 Å². The third-order valence-corrected chi connectivity index (χ3v) is 2.74. The number of anilines is 1. The summed E-state index contributed by atoms with van der Waals surface area (Å²) in [6.45, 7) is 3.27. The zero-order chi connectivity index (χ0) is 15.4. The third-order valence-electron chi connectivity index (χ3n) is 2.74. The van der Waals surface area contributed by atoms with Crippen LogP contribution in [0.1, 0.15) is 24.2 Å². The molecule has 4 N–H and O–H groups in total. The van der Waals surface area contributed by atoms with E-state index in [9.17, 15) is 19.7 Å². The minimum atomic E-state index is -1.18. The standard InChI is InChI=1S/C12H15N3O5/c1-6(2)10(12(17)18)14-11(16)7-4-3-5-8(9(7)13)15(19)20/h3-6,10H,13H2,1-2H3,(H,14,16)(H,17,18)/t10-/m1/s1. The zero-order valence-electron chi connectivity index (χ0n) is 11.0. The van der Waals surface area contributed by atoms with E-state index in [1.165, 1.54) is 18.2 Å². The van der Waals surface area contributed by atoms with Crippen LogP contribution in [-0.2, 0) is 4.79 Å². The highest BCUT2D eigenvalue weighted by Crippen LogP contribution is 2.24. The van der Waals surface area contributed by atoms with Gasteiger partial charge in [0.1, 0.15) is 11.7 Å². The number of nitrogens with zero attached hydrogens (tertiary/aromatic N) is 1. The molecule has 0 radical (unpaired) electrons. The van der Waals surface area contributed by atoms with Crippen LogP contribution in [0.2, 0.25) is 0 Å². The molecule has 0 aliphatic rings. The summed E-state index contributed by atoms with van der Waals surface area (Å²) in [5, 5.41) is 22.0. The number of carboxylic acid groups (broad SMARTS) is 1. The summed E-state index contributed by atoms with van der Waals surface area (Å²) in [7, 11) is 0. The van der Waals surface area contributed by atoms with Crippen LogP contribution in [0, 0.1) is 16.0 Å². The van der Waals surface area contributed by atoms with Crippen LogP contribution in [0.15, 0.2) is 18.2 Å². The SMILES string of the molecule is CC(C)[C@@H](NC(=O)c1cccc([N+](=O)[O-])c1N)C(=O)O. The van der Waals surface area contributed by atoms with Crippen molar-refractivity contribution >= 4 is 23.3 Å². The molecule has 0 saturated heterocycles. The van der Waals surface area contributed by atoms with E-state index in [4.69, 9.17) is 10.8 Å². The van der Waals surface area contributed by atoms with Crippen molar-refractivity contribution < 1.29 is 19.6 Å². The van der Waals surface area contributed by atoms with Crippen molar-refractivity contribution in [3.8, 4) is 0 Å². The van der Waals surface area contributed by atoms with Gasteiger partial charge in [0.25, 0.3) is 11.6 Å². The number of para-hydroxylation sites is 1. The van der Waals surface area contributed by atoms with Gasteiger partial charge in [-0.15, -0.1) is 0 Å². The van der Waals surface area contributed by atoms with Crippen molar-refractivity contribution in [2.24, 2.45) is 5.92 Å². The van der Waals surface area contributed by atoms with Gasteiger partial charge in [-0.05, 0) is 12.0 Å². The number of amides is 1. The Morgan fingerprint density at radius 2 is 2.00 bits per heavy atom. The van der Waals surface area contributed by atoms with E-state index in [-0.39, 0.29) is 17.2 Å². The summed E-state index contributed by atoms with van der Waals surface area (Å²) in [6, 6.07) is 2.69. The van der Waals surface area contributed by atoms with E-state index < -0.39 is 28.5 Å². The summed E-state index contributed by atoms with van der Waals surface area (Å²) < 4.78 is 0. The van der Waals surface area contributed by atoms with Crippen LogP contribution >= 0.6 is 0 Å². The maximum atomic E-state index is 12.0. The molecule has 0 spiro atoms. The van der Waals surface area contributed by atoms with Gasteiger partial charge in [-0.25, -0.2) is 4.79 Å². The zero-order valence-corrected chi connectivity index (χ0v) is 11.0. The lowest BCUT2D eigenvalue weighted by Crippen LogP contribution is -2.44. The topological polar surface area (TPSA) is 136 Å². The van der Waals surface area contributed by atoms with Crippen LogP contribution in [0.4, 0.5) is 11.4 Å². The van der Waals surface area contributed by atoms with E-state index in [0.717, 1.165) is 0 Å². The number of nitro groups is 1. The second-order valence-corrected chi connectivity index (χ2v) is 4.53. The van der Waals surface area contributed by atoms with Gasteiger partial charge in [0, 0.05) is 6.07 Å². The van der Waals surface area contributed by atoms with Crippen LogP contribution < -0.4 is 11.1 Å². The molecule has 108 valence electrons. The second-order valence-electron chi connectivity index (χ2n) is 4.53. The number of rotatable bonds is 5. The molecule has 0 aromatic heterocycles. The number of benzene rings is 1. The summed E-state index contributed by atoms with van der Waals surface area (Å²) in [5.74, 6) is -2.28. The molecule has 8 heteroatoms. The van der Waals surface area contributed by atoms with Gasteiger partial charge in [0.05, 0.1) is 10.5 Å². The number of hydrogen-bond donors (Lipinski definition) is 3. The first-order valence-corrected chi connectivity index (χ1v) is 5.82. The Balaban J connectivity index is 3.07. The van der Waals surface area contributed by atoms with E-state index in [1.54, 1.807) is 13.8 Å². The fourth-order valence-electron chi connectivity index (χ4n) is 1.64. The number of carbonyl (C=O) groups excluding carboxylic acids is 1. The van der Waals surface area contributed by atoms with Crippen LogP contribution in [0.5, 0.6) is 0 Å². The van der Waals surface area contributed by atoms with E-state index in [2.05, 4.69) is 5.32 Å². The smallest absolute Gasteiger partial charge is 0.326 e. The molecule has 0 fully saturated rings. The largest absolute Gasteiger partial charge is 0.480 e. The molecule has 1 atom stereocenters. The Morgan fingerprint density at radius 1 is 1.40 bits per heavy atom. The molecule has 8 nitrogen and oxygen atoms in total. The summed E-state index contributed by atoms with van der Waals surface area (Å²) in [5.41, 5.74) is 4.76. The first-order valence-electron chi connectivity index (χ1n) is 5.82. The average molecular weight is 281 g/mol. The number of nitro benzene ring substituents is 1. The van der Waals surface area contributed by atoms with E-state index >= 15 is 0 Å². The lowest BCUT2D eigenvalue weighted by atomic mass is 10.0. The third kappa shape index (κ3) is 3.22. The number of nitrogens with one attached hydrogen (secondary N) is 1. The van der Waals surface area contributed by atoms with Crippen LogP contribution in [-0.4, -0.2) is 27.9 Å². The normalized spacial score (nSPS) is 11.9. The quantitative estimate of drug-likeness (QED) is 0.418. The average Bonchev–Trinajstić information content (AvgIpc) is 2.34. The minimum Gasteiger partial charge on any atom is -0.480 e. The maximum absolute atomic E-state index is 12.0. The number of carboxylic acids is 1. The van der Waals surface area contributed by atoms with E-state index in [0.29, 0.717) is 0 Å². The molecule has 20 heavy (non-hydrogen) atoms. The van der Waals surface area contributed by atoms with Crippen molar-refractivity contribution in [1.29, 1.82) is 0 Å². The monoisotopic (exact) mass is 281 g/mol. The van der Waals surface area contributed by atoms with Gasteiger partial charge in [0.2, 0.25) is 0 Å². The van der Waals surface area contributed by atoms with E-state index in [1.807, 2.05) is 0 Å². The van der Waals surface area contributed by atoms with Crippen molar-refractivity contribution in [3.05, 3.63) is 33.9 Å². The van der Waals surface area contributed by atoms with Crippen molar-refractivity contribution in [2.75, 3.05) is 5.73 Å². The molecule has 1 amide bonds. The predicted molar refractivity (Wildman–Crippen MR) is 71.2 cm³/mol. The van der Waals surface area contributed by atoms with Gasteiger partial charge < -0.3 is 16.2 Å². The Morgan fingerprint density at radius 3 is 2.45 bits per heavy atom. The summed E-state index contributed by atoms with van der Waals surface area (Å²) in [6.07, 6.45) is 0. The molecule has 1 rings (SSSR count). The Bertz CT molecular complexity index is 556. The number of nitrogen functional groups attached to an aromatic ring is 1. The van der Waals surface area contributed by atoms with Crippen molar-refractivity contribution in [3.63, 3.8) is 0 Å². The number of carbonyl (C=O) groups is 2. The van der Waals surface area contributed by atoms with Crippen LogP contribution in [0.25, 0.3) is 0 Å². The van der Waals surface area contributed by atoms with Crippen molar-refractivity contribution in [2.45, 2.75) is 19.9 Å². The lowest BCUT2D eigenvalue weighted by Gasteiger charge is -2.18. The van der Waals surface area contributed by atoms with Crippen molar-refractivity contribution in [1.82, 2.24) is 5.32 Å².